The predicted octanol–water partition coefficient (Wildman–Crippen LogP) is 1.39. The highest BCUT2D eigenvalue weighted by atomic mass is 16.5. The summed E-state index contributed by atoms with van der Waals surface area (Å²) < 4.78 is 5.12. The van der Waals surface area contributed by atoms with Crippen molar-refractivity contribution in [1.82, 2.24) is 10.2 Å². The van der Waals surface area contributed by atoms with Crippen LogP contribution in [0.25, 0.3) is 11.3 Å². The zero-order valence-electron chi connectivity index (χ0n) is 9.90. The number of ether oxygens (including phenoxy) is 1. The first-order valence-electron chi connectivity index (χ1n) is 5.23. The number of hydrogen-bond donors (Lipinski definition) is 3. The number of nitrogens with one attached hydrogen (secondary N) is 2. The largest absolute Gasteiger partial charge is 0.496 e. The third-order valence-electron chi connectivity index (χ3n) is 2.68. The summed E-state index contributed by atoms with van der Waals surface area (Å²) in [7, 11) is 1.56. The van der Waals surface area contributed by atoms with Gasteiger partial charge in [-0.05, 0) is 30.7 Å². The van der Waals surface area contributed by atoms with Crippen LogP contribution >= 0.6 is 0 Å². The molecule has 0 atom stereocenters. The topological polar surface area (TPSA) is 95.2 Å². The molecule has 0 aliphatic heterocycles. The lowest BCUT2D eigenvalue weighted by Crippen LogP contribution is -2.12. The maximum atomic E-state index is 11.4. The average Bonchev–Trinajstić information content (AvgIpc) is 2.71. The van der Waals surface area contributed by atoms with Gasteiger partial charge in [0.2, 0.25) is 0 Å². The second-order valence-electron chi connectivity index (χ2n) is 3.82. The fourth-order valence-electron chi connectivity index (χ4n) is 1.81. The number of aromatic nitrogens is 2. The summed E-state index contributed by atoms with van der Waals surface area (Å²) in [6.07, 6.45) is 0. The first-order chi connectivity index (χ1) is 8.54. The first kappa shape index (κ1) is 12.0. The van der Waals surface area contributed by atoms with Crippen molar-refractivity contribution in [2.45, 2.75) is 6.92 Å². The molecule has 0 saturated heterocycles. The van der Waals surface area contributed by atoms with Crippen LogP contribution in [0.3, 0.4) is 0 Å². The number of aromatic amines is 2. The lowest BCUT2D eigenvalue weighted by Gasteiger charge is -2.06. The summed E-state index contributed by atoms with van der Waals surface area (Å²) in [6, 6.07) is 5.17. The standard InChI is InChI=1S/C12H12N2O4/c1-6-5-7(3-4-8(6)18-2)10-9(12(16)17)11(15)14-13-10/h3-5H,1-2H3,(H,16,17)(H2,13,14,15). The molecule has 0 radical (unpaired) electrons. The number of carboxylic acids is 1. The Morgan fingerprint density at radius 2 is 2.06 bits per heavy atom. The number of hydrogen-bond acceptors (Lipinski definition) is 3. The second-order valence-corrected chi connectivity index (χ2v) is 3.82. The molecule has 0 bridgehead atoms. The number of benzene rings is 1. The molecule has 0 amide bonds. The van der Waals surface area contributed by atoms with Crippen LogP contribution in [0.2, 0.25) is 0 Å². The minimum atomic E-state index is -1.26. The van der Waals surface area contributed by atoms with E-state index in [1.165, 1.54) is 0 Å². The number of H-pyrrole nitrogens is 2. The highest BCUT2D eigenvalue weighted by Crippen LogP contribution is 2.25. The fourth-order valence-corrected chi connectivity index (χ4v) is 1.81. The van der Waals surface area contributed by atoms with Gasteiger partial charge in [-0.3, -0.25) is 15.0 Å². The van der Waals surface area contributed by atoms with Crippen LogP contribution in [0.15, 0.2) is 23.0 Å². The Hall–Kier alpha value is -2.50. The van der Waals surface area contributed by atoms with E-state index in [-0.39, 0.29) is 11.3 Å². The molecule has 2 aromatic rings. The van der Waals surface area contributed by atoms with Crippen LogP contribution in [0.1, 0.15) is 15.9 Å². The number of aromatic carboxylic acids is 1. The number of methoxy groups -OCH3 is 1. The van der Waals surface area contributed by atoms with Gasteiger partial charge in [0.1, 0.15) is 5.75 Å². The highest BCUT2D eigenvalue weighted by molar-refractivity contribution is 5.94. The normalized spacial score (nSPS) is 10.3. The Balaban J connectivity index is 2.59. The fraction of sp³-hybridized carbons (Fsp3) is 0.167. The SMILES string of the molecule is COc1ccc(-c2[nH][nH]c(=O)c2C(=O)O)cc1C. The highest BCUT2D eigenvalue weighted by Gasteiger charge is 2.18. The van der Waals surface area contributed by atoms with E-state index in [9.17, 15) is 9.59 Å². The molecule has 1 aromatic heterocycles. The molecule has 0 fully saturated rings. The lowest BCUT2D eigenvalue weighted by atomic mass is 10.0. The van der Waals surface area contributed by atoms with Crippen molar-refractivity contribution in [3.8, 4) is 17.0 Å². The van der Waals surface area contributed by atoms with Crippen molar-refractivity contribution in [2.75, 3.05) is 7.11 Å². The maximum Gasteiger partial charge on any atom is 0.343 e. The van der Waals surface area contributed by atoms with Crippen LogP contribution in [-0.2, 0) is 0 Å². The molecule has 0 aliphatic rings. The van der Waals surface area contributed by atoms with Gasteiger partial charge >= 0.3 is 5.97 Å². The molecule has 6 nitrogen and oxygen atoms in total. The minimum absolute atomic E-state index is 0.262. The summed E-state index contributed by atoms with van der Waals surface area (Å²) >= 11 is 0. The molecule has 18 heavy (non-hydrogen) atoms. The van der Waals surface area contributed by atoms with Gasteiger partial charge in [0.05, 0.1) is 12.8 Å². The van der Waals surface area contributed by atoms with Crippen LogP contribution < -0.4 is 10.3 Å². The quantitative estimate of drug-likeness (QED) is 0.764. The summed E-state index contributed by atoms with van der Waals surface area (Å²) in [5, 5.41) is 13.9. The van der Waals surface area contributed by atoms with Crippen molar-refractivity contribution in [3.05, 3.63) is 39.7 Å². The molecule has 3 N–H and O–H groups in total. The number of carboxylic acid groups (broad SMARTS) is 1. The molecule has 0 aliphatic carbocycles. The van der Waals surface area contributed by atoms with E-state index in [1.54, 1.807) is 25.3 Å². The smallest absolute Gasteiger partial charge is 0.343 e. The summed E-state index contributed by atoms with van der Waals surface area (Å²) in [5.41, 5.74) is 0.793. The van der Waals surface area contributed by atoms with Crippen molar-refractivity contribution in [2.24, 2.45) is 0 Å². The van der Waals surface area contributed by atoms with Gasteiger partial charge in [-0.25, -0.2) is 4.79 Å². The van der Waals surface area contributed by atoms with E-state index < -0.39 is 11.5 Å². The van der Waals surface area contributed by atoms with Crippen molar-refractivity contribution in [3.63, 3.8) is 0 Å². The molecule has 2 rings (SSSR count). The lowest BCUT2D eigenvalue weighted by molar-refractivity contribution is 0.0696. The monoisotopic (exact) mass is 248 g/mol. The molecule has 1 aromatic carbocycles. The van der Waals surface area contributed by atoms with E-state index in [1.807, 2.05) is 6.92 Å². The Morgan fingerprint density at radius 1 is 1.33 bits per heavy atom. The van der Waals surface area contributed by atoms with Crippen LogP contribution in [0.4, 0.5) is 0 Å². The van der Waals surface area contributed by atoms with Gasteiger partial charge < -0.3 is 9.84 Å². The van der Waals surface area contributed by atoms with Crippen molar-refractivity contribution < 1.29 is 14.6 Å². The summed E-state index contributed by atoms with van der Waals surface area (Å²) in [5.74, 6) is -0.561. The molecule has 6 heteroatoms. The summed E-state index contributed by atoms with van der Waals surface area (Å²) in [6.45, 7) is 1.84. The maximum absolute atomic E-state index is 11.4. The van der Waals surface area contributed by atoms with Gasteiger partial charge in [0.25, 0.3) is 5.56 Å². The van der Waals surface area contributed by atoms with E-state index in [2.05, 4.69) is 10.2 Å². The molecular weight excluding hydrogens is 236 g/mol. The van der Waals surface area contributed by atoms with E-state index in [0.717, 1.165) is 5.56 Å². The third-order valence-corrected chi connectivity index (χ3v) is 2.68. The van der Waals surface area contributed by atoms with E-state index in [0.29, 0.717) is 11.3 Å². The molecule has 0 saturated carbocycles. The minimum Gasteiger partial charge on any atom is -0.496 e. The Labute approximate surface area is 102 Å². The first-order valence-corrected chi connectivity index (χ1v) is 5.23. The predicted molar refractivity (Wildman–Crippen MR) is 65.1 cm³/mol. The molecular formula is C12H12N2O4. The van der Waals surface area contributed by atoms with Gasteiger partial charge in [-0.15, -0.1) is 0 Å². The number of carbonyl (C=O) groups is 1. The Morgan fingerprint density at radius 3 is 2.61 bits per heavy atom. The average molecular weight is 248 g/mol. The Kier molecular flexibility index (Phi) is 2.93. The van der Waals surface area contributed by atoms with E-state index in [4.69, 9.17) is 9.84 Å². The second kappa shape index (κ2) is 4.40. The molecule has 94 valence electrons. The van der Waals surface area contributed by atoms with Crippen molar-refractivity contribution in [1.29, 1.82) is 0 Å². The van der Waals surface area contributed by atoms with E-state index >= 15 is 0 Å². The van der Waals surface area contributed by atoms with Crippen LogP contribution in [0.5, 0.6) is 5.75 Å². The third kappa shape index (κ3) is 1.88. The van der Waals surface area contributed by atoms with Gasteiger partial charge in [-0.1, -0.05) is 0 Å². The van der Waals surface area contributed by atoms with Crippen LogP contribution in [-0.4, -0.2) is 28.4 Å². The molecule has 0 spiro atoms. The van der Waals surface area contributed by atoms with Gasteiger partial charge in [0, 0.05) is 5.56 Å². The number of aryl methyl sites for hydroxylation is 1. The van der Waals surface area contributed by atoms with Gasteiger partial charge in [-0.2, -0.15) is 0 Å². The molecule has 0 unspecified atom stereocenters. The van der Waals surface area contributed by atoms with Crippen molar-refractivity contribution >= 4 is 5.97 Å². The Bertz CT molecular complexity index is 654. The summed E-state index contributed by atoms with van der Waals surface area (Å²) in [4.78, 5) is 22.4. The van der Waals surface area contributed by atoms with Gasteiger partial charge in [0.15, 0.2) is 5.56 Å². The zero-order valence-corrected chi connectivity index (χ0v) is 9.90. The number of rotatable bonds is 3. The molecule has 1 heterocycles. The zero-order chi connectivity index (χ0) is 13.3. The van der Waals surface area contributed by atoms with Crippen LogP contribution in [0, 0.1) is 6.92 Å².